The van der Waals surface area contributed by atoms with Crippen LogP contribution in [0.3, 0.4) is 0 Å². The van der Waals surface area contributed by atoms with E-state index in [0.29, 0.717) is 0 Å². The molecule has 0 bridgehead atoms. The normalized spacial score (nSPS) is 12.4. The largest absolute Gasteiger partial charge is 0.399 e. The molecule has 0 spiro atoms. The van der Waals surface area contributed by atoms with Gasteiger partial charge in [0.2, 0.25) is 5.13 Å². The van der Waals surface area contributed by atoms with E-state index in [1.165, 1.54) is 17.1 Å². The monoisotopic (exact) mass is 248 g/mol. The SMILES string of the molecule is CCc1nsc(NC(C)c2ccc(N)cc2)n1. The molecule has 1 atom stereocenters. The fraction of sp³-hybridized carbons (Fsp3) is 0.333. The van der Waals surface area contributed by atoms with Crippen LogP contribution in [-0.2, 0) is 6.42 Å². The first-order chi connectivity index (χ1) is 8.19. The van der Waals surface area contributed by atoms with Crippen molar-refractivity contribution in [2.24, 2.45) is 0 Å². The predicted octanol–water partition coefficient (Wildman–Crippen LogP) is 2.86. The molecule has 90 valence electrons. The smallest absolute Gasteiger partial charge is 0.203 e. The summed E-state index contributed by atoms with van der Waals surface area (Å²) in [6.07, 6.45) is 0.869. The lowest BCUT2D eigenvalue weighted by Crippen LogP contribution is -2.06. The van der Waals surface area contributed by atoms with E-state index in [0.717, 1.165) is 23.1 Å². The number of nitrogens with two attached hydrogens (primary N) is 1. The Morgan fingerprint density at radius 3 is 2.65 bits per heavy atom. The molecule has 17 heavy (non-hydrogen) atoms. The third-order valence-electron chi connectivity index (χ3n) is 2.56. The van der Waals surface area contributed by atoms with Gasteiger partial charge in [0.15, 0.2) is 0 Å². The molecular weight excluding hydrogens is 232 g/mol. The van der Waals surface area contributed by atoms with Crippen LogP contribution < -0.4 is 11.1 Å². The molecule has 1 aromatic carbocycles. The van der Waals surface area contributed by atoms with E-state index in [1.54, 1.807) is 0 Å². The number of benzene rings is 1. The van der Waals surface area contributed by atoms with E-state index in [4.69, 9.17) is 5.73 Å². The van der Waals surface area contributed by atoms with Crippen molar-refractivity contribution in [3.05, 3.63) is 35.7 Å². The van der Waals surface area contributed by atoms with Gasteiger partial charge in [-0.3, -0.25) is 0 Å². The topological polar surface area (TPSA) is 63.8 Å². The molecule has 1 unspecified atom stereocenters. The predicted molar refractivity (Wildman–Crippen MR) is 72.2 cm³/mol. The van der Waals surface area contributed by atoms with E-state index < -0.39 is 0 Å². The average molecular weight is 248 g/mol. The van der Waals surface area contributed by atoms with E-state index in [2.05, 4.69) is 28.5 Å². The fourth-order valence-corrected chi connectivity index (χ4v) is 2.25. The van der Waals surface area contributed by atoms with Crippen LogP contribution >= 0.6 is 11.5 Å². The summed E-state index contributed by atoms with van der Waals surface area (Å²) in [5.41, 5.74) is 7.63. The highest BCUT2D eigenvalue weighted by molar-refractivity contribution is 7.09. The summed E-state index contributed by atoms with van der Waals surface area (Å²) in [6, 6.07) is 8.06. The number of aromatic nitrogens is 2. The molecule has 1 heterocycles. The van der Waals surface area contributed by atoms with Crippen molar-refractivity contribution in [1.82, 2.24) is 9.36 Å². The molecule has 0 aliphatic carbocycles. The van der Waals surface area contributed by atoms with Gasteiger partial charge in [0, 0.05) is 23.6 Å². The number of nitrogens with zero attached hydrogens (tertiary/aromatic N) is 2. The standard InChI is InChI=1S/C12H16N4S/c1-3-11-15-12(17-16-11)14-8(2)9-4-6-10(13)7-5-9/h4-8H,3,13H2,1-2H3,(H,14,15,16). The van der Waals surface area contributed by atoms with Crippen molar-refractivity contribution < 1.29 is 0 Å². The van der Waals surface area contributed by atoms with Crippen molar-refractivity contribution in [3.8, 4) is 0 Å². The zero-order valence-electron chi connectivity index (χ0n) is 9.97. The van der Waals surface area contributed by atoms with E-state index in [9.17, 15) is 0 Å². The molecule has 0 saturated heterocycles. The van der Waals surface area contributed by atoms with Gasteiger partial charge in [-0.15, -0.1) is 0 Å². The van der Waals surface area contributed by atoms with Crippen LogP contribution in [0.25, 0.3) is 0 Å². The third-order valence-corrected chi connectivity index (χ3v) is 3.24. The highest BCUT2D eigenvalue weighted by Crippen LogP contribution is 2.21. The second-order valence-corrected chi connectivity index (χ2v) is 4.65. The second kappa shape index (κ2) is 5.14. The fourth-order valence-electron chi connectivity index (χ4n) is 1.51. The molecular formula is C12H16N4S. The Hall–Kier alpha value is -1.62. The molecule has 1 aromatic heterocycles. The maximum absolute atomic E-state index is 5.66. The van der Waals surface area contributed by atoms with Gasteiger partial charge in [-0.25, -0.2) is 4.98 Å². The highest BCUT2D eigenvalue weighted by atomic mass is 32.1. The van der Waals surface area contributed by atoms with Crippen molar-refractivity contribution in [1.29, 1.82) is 0 Å². The Bertz CT molecular complexity index is 478. The van der Waals surface area contributed by atoms with Crippen LogP contribution in [0.5, 0.6) is 0 Å². The molecule has 4 nitrogen and oxygen atoms in total. The lowest BCUT2D eigenvalue weighted by atomic mass is 10.1. The number of anilines is 2. The molecule has 0 saturated carbocycles. The summed E-state index contributed by atoms with van der Waals surface area (Å²) in [4.78, 5) is 4.38. The Labute approximate surface area is 105 Å². The Morgan fingerprint density at radius 1 is 1.35 bits per heavy atom. The molecule has 0 fully saturated rings. The lowest BCUT2D eigenvalue weighted by Gasteiger charge is -2.12. The van der Waals surface area contributed by atoms with E-state index >= 15 is 0 Å². The van der Waals surface area contributed by atoms with Crippen LogP contribution in [0.2, 0.25) is 0 Å². The first-order valence-corrected chi connectivity index (χ1v) is 6.41. The minimum absolute atomic E-state index is 0.202. The number of nitrogen functional groups attached to an aromatic ring is 1. The van der Waals surface area contributed by atoms with Crippen LogP contribution in [0.4, 0.5) is 10.8 Å². The molecule has 5 heteroatoms. The maximum atomic E-state index is 5.66. The van der Waals surface area contributed by atoms with Gasteiger partial charge < -0.3 is 11.1 Å². The highest BCUT2D eigenvalue weighted by Gasteiger charge is 2.08. The van der Waals surface area contributed by atoms with Crippen molar-refractivity contribution in [2.75, 3.05) is 11.1 Å². The summed E-state index contributed by atoms with van der Waals surface area (Å²) in [6.45, 7) is 4.15. The zero-order chi connectivity index (χ0) is 12.3. The van der Waals surface area contributed by atoms with Crippen LogP contribution in [0.1, 0.15) is 31.3 Å². The number of aryl methyl sites for hydroxylation is 1. The Kier molecular flexibility index (Phi) is 3.58. The van der Waals surface area contributed by atoms with Crippen LogP contribution in [-0.4, -0.2) is 9.36 Å². The second-order valence-electron chi connectivity index (χ2n) is 3.90. The molecule has 0 aliphatic heterocycles. The van der Waals surface area contributed by atoms with Crippen LogP contribution in [0, 0.1) is 0 Å². The third kappa shape index (κ3) is 2.94. The van der Waals surface area contributed by atoms with Gasteiger partial charge in [-0.2, -0.15) is 4.37 Å². The lowest BCUT2D eigenvalue weighted by molar-refractivity contribution is 0.876. The molecule has 2 rings (SSSR count). The van der Waals surface area contributed by atoms with E-state index in [-0.39, 0.29) is 6.04 Å². The summed E-state index contributed by atoms with van der Waals surface area (Å²) in [7, 11) is 0. The van der Waals surface area contributed by atoms with Gasteiger partial charge >= 0.3 is 0 Å². The number of nitrogens with one attached hydrogen (secondary N) is 1. The van der Waals surface area contributed by atoms with Crippen molar-refractivity contribution >= 4 is 22.4 Å². The van der Waals surface area contributed by atoms with Crippen molar-refractivity contribution in [2.45, 2.75) is 26.3 Å². The summed E-state index contributed by atoms with van der Waals surface area (Å²) < 4.78 is 4.24. The number of hydrogen-bond acceptors (Lipinski definition) is 5. The summed E-state index contributed by atoms with van der Waals surface area (Å²) >= 11 is 1.40. The Balaban J connectivity index is 2.05. The summed E-state index contributed by atoms with van der Waals surface area (Å²) in [5, 5.41) is 4.20. The molecule has 2 aromatic rings. The zero-order valence-corrected chi connectivity index (χ0v) is 10.8. The number of rotatable bonds is 4. The van der Waals surface area contributed by atoms with Gasteiger partial charge in [0.05, 0.1) is 6.04 Å². The Morgan fingerprint density at radius 2 is 2.06 bits per heavy atom. The van der Waals surface area contributed by atoms with Crippen molar-refractivity contribution in [3.63, 3.8) is 0 Å². The first-order valence-electron chi connectivity index (χ1n) is 5.63. The average Bonchev–Trinajstić information content (AvgIpc) is 2.77. The van der Waals surface area contributed by atoms with Gasteiger partial charge in [-0.05, 0) is 24.6 Å². The van der Waals surface area contributed by atoms with Gasteiger partial charge in [-0.1, -0.05) is 19.1 Å². The first kappa shape index (κ1) is 11.9. The van der Waals surface area contributed by atoms with Gasteiger partial charge in [0.1, 0.15) is 5.82 Å². The van der Waals surface area contributed by atoms with Gasteiger partial charge in [0.25, 0.3) is 0 Å². The molecule has 0 aliphatic rings. The molecule has 0 radical (unpaired) electrons. The number of hydrogen-bond donors (Lipinski definition) is 2. The summed E-state index contributed by atoms with van der Waals surface area (Å²) in [5.74, 6) is 0.891. The minimum atomic E-state index is 0.202. The molecule has 0 amide bonds. The maximum Gasteiger partial charge on any atom is 0.203 e. The van der Waals surface area contributed by atoms with Crippen LogP contribution in [0.15, 0.2) is 24.3 Å². The quantitative estimate of drug-likeness (QED) is 0.817. The minimum Gasteiger partial charge on any atom is -0.399 e. The van der Waals surface area contributed by atoms with E-state index in [1.807, 2.05) is 24.3 Å². The molecule has 3 N–H and O–H groups in total.